The van der Waals surface area contributed by atoms with E-state index in [1.54, 1.807) is 12.3 Å². The second-order valence-electron chi connectivity index (χ2n) is 4.83. The van der Waals surface area contributed by atoms with E-state index in [9.17, 15) is 4.79 Å². The molecule has 0 aromatic carbocycles. The molecule has 1 aliphatic rings. The maximum absolute atomic E-state index is 12.4. The molecular weight excluding hydrogens is 342 g/mol. The number of aromatic nitrogens is 2. The molecule has 4 nitrogen and oxygen atoms in total. The molecule has 2 aromatic heterocycles. The van der Waals surface area contributed by atoms with Crippen molar-refractivity contribution in [2.75, 3.05) is 5.32 Å². The molecule has 20 heavy (non-hydrogen) atoms. The predicted molar refractivity (Wildman–Crippen MR) is 82.2 cm³/mol. The fraction of sp³-hybridized carbons (Fsp3) is 0.286. The number of pyridine rings is 1. The number of nitrogens with one attached hydrogen (secondary N) is 1. The van der Waals surface area contributed by atoms with Crippen LogP contribution in [-0.4, -0.2) is 15.5 Å². The summed E-state index contributed by atoms with van der Waals surface area (Å²) in [7, 11) is 0. The van der Waals surface area contributed by atoms with Gasteiger partial charge in [-0.1, -0.05) is 11.6 Å². The highest BCUT2D eigenvalue weighted by Crippen LogP contribution is 2.33. The van der Waals surface area contributed by atoms with Crippen LogP contribution >= 0.6 is 27.5 Å². The molecule has 1 saturated carbocycles. The fourth-order valence-electron chi connectivity index (χ4n) is 2.27. The Labute approximate surface area is 130 Å². The Morgan fingerprint density at radius 2 is 2.30 bits per heavy atom. The number of halogens is 2. The van der Waals surface area contributed by atoms with E-state index in [4.69, 9.17) is 11.6 Å². The molecule has 104 valence electrons. The molecule has 0 bridgehead atoms. The minimum atomic E-state index is -0.163. The van der Waals surface area contributed by atoms with E-state index in [2.05, 4.69) is 26.2 Å². The largest absolute Gasteiger partial charge is 0.340 e. The van der Waals surface area contributed by atoms with Gasteiger partial charge >= 0.3 is 0 Å². The minimum absolute atomic E-state index is 0.163. The van der Waals surface area contributed by atoms with Crippen molar-refractivity contribution in [3.63, 3.8) is 0 Å². The van der Waals surface area contributed by atoms with Crippen LogP contribution in [0.3, 0.4) is 0 Å². The third kappa shape index (κ3) is 2.60. The highest BCUT2D eigenvalue weighted by molar-refractivity contribution is 9.10. The van der Waals surface area contributed by atoms with Crippen LogP contribution < -0.4 is 5.32 Å². The maximum atomic E-state index is 12.4. The van der Waals surface area contributed by atoms with Gasteiger partial charge in [-0.3, -0.25) is 4.79 Å². The van der Waals surface area contributed by atoms with Gasteiger partial charge in [0.05, 0.1) is 5.69 Å². The molecule has 0 atom stereocenters. The SMILES string of the molecule is O=C(Nc1cc(Br)cnc1Cl)c1cccn1C1CCC1. The molecular formula is C14H13BrClN3O. The summed E-state index contributed by atoms with van der Waals surface area (Å²) in [5.41, 5.74) is 1.16. The van der Waals surface area contributed by atoms with Crippen molar-refractivity contribution in [3.8, 4) is 0 Å². The van der Waals surface area contributed by atoms with Crippen LogP contribution in [-0.2, 0) is 0 Å². The van der Waals surface area contributed by atoms with E-state index >= 15 is 0 Å². The molecule has 3 rings (SSSR count). The monoisotopic (exact) mass is 353 g/mol. The summed E-state index contributed by atoms with van der Waals surface area (Å²) in [4.78, 5) is 16.4. The normalized spacial score (nSPS) is 14.9. The van der Waals surface area contributed by atoms with Crippen molar-refractivity contribution in [1.29, 1.82) is 0 Å². The van der Waals surface area contributed by atoms with Crippen molar-refractivity contribution in [3.05, 3.63) is 45.9 Å². The lowest BCUT2D eigenvalue weighted by atomic mass is 9.93. The molecule has 1 amide bonds. The first-order valence-corrected chi connectivity index (χ1v) is 7.61. The van der Waals surface area contributed by atoms with Gasteiger partial charge in [-0.05, 0) is 53.4 Å². The Balaban J connectivity index is 1.82. The predicted octanol–water partition coefficient (Wildman–Crippen LogP) is 4.28. The molecule has 1 N–H and O–H groups in total. The summed E-state index contributed by atoms with van der Waals surface area (Å²) in [6.07, 6.45) is 7.04. The molecule has 0 saturated heterocycles. The number of anilines is 1. The molecule has 6 heteroatoms. The summed E-state index contributed by atoms with van der Waals surface area (Å²) in [6, 6.07) is 5.91. The lowest BCUT2D eigenvalue weighted by Crippen LogP contribution is -2.23. The van der Waals surface area contributed by atoms with E-state index in [0.717, 1.165) is 17.3 Å². The Morgan fingerprint density at radius 1 is 1.50 bits per heavy atom. The third-order valence-electron chi connectivity index (χ3n) is 3.53. The van der Waals surface area contributed by atoms with Crippen molar-refractivity contribution < 1.29 is 4.79 Å². The first-order valence-electron chi connectivity index (χ1n) is 6.44. The number of carbonyl (C=O) groups is 1. The summed E-state index contributed by atoms with van der Waals surface area (Å²) in [5, 5.41) is 3.09. The molecule has 0 unspecified atom stereocenters. The van der Waals surface area contributed by atoms with Crippen LogP contribution in [0, 0.1) is 0 Å². The molecule has 0 radical (unpaired) electrons. The summed E-state index contributed by atoms with van der Waals surface area (Å²) in [6.45, 7) is 0. The second-order valence-corrected chi connectivity index (χ2v) is 6.11. The van der Waals surface area contributed by atoms with Crippen molar-refractivity contribution in [2.24, 2.45) is 0 Å². The summed E-state index contributed by atoms with van der Waals surface area (Å²) >= 11 is 9.30. The first-order chi connectivity index (χ1) is 9.65. The van der Waals surface area contributed by atoms with Gasteiger partial charge in [-0.15, -0.1) is 0 Å². The number of rotatable bonds is 3. The van der Waals surface area contributed by atoms with Gasteiger partial charge < -0.3 is 9.88 Å². The topological polar surface area (TPSA) is 46.9 Å². The summed E-state index contributed by atoms with van der Waals surface area (Å²) < 4.78 is 2.81. The highest BCUT2D eigenvalue weighted by Gasteiger charge is 2.23. The minimum Gasteiger partial charge on any atom is -0.340 e. The smallest absolute Gasteiger partial charge is 0.272 e. The lowest BCUT2D eigenvalue weighted by Gasteiger charge is -2.28. The van der Waals surface area contributed by atoms with Crippen molar-refractivity contribution in [2.45, 2.75) is 25.3 Å². The first kappa shape index (κ1) is 13.6. The van der Waals surface area contributed by atoms with Crippen LogP contribution in [0.1, 0.15) is 35.8 Å². The van der Waals surface area contributed by atoms with E-state index in [1.165, 1.54) is 6.42 Å². The van der Waals surface area contributed by atoms with Gasteiger partial charge in [-0.2, -0.15) is 0 Å². The van der Waals surface area contributed by atoms with Gasteiger partial charge in [0, 0.05) is 22.9 Å². The molecule has 1 aliphatic carbocycles. The average molecular weight is 355 g/mol. The quantitative estimate of drug-likeness (QED) is 0.836. The number of amides is 1. The Kier molecular flexibility index (Phi) is 3.81. The second kappa shape index (κ2) is 5.58. The van der Waals surface area contributed by atoms with Crippen LogP contribution in [0.25, 0.3) is 0 Å². The number of hydrogen-bond donors (Lipinski definition) is 1. The lowest BCUT2D eigenvalue weighted by molar-refractivity contribution is 0.101. The molecule has 2 aromatic rings. The Hall–Kier alpha value is -1.33. The van der Waals surface area contributed by atoms with Gasteiger partial charge in [0.15, 0.2) is 5.15 Å². The van der Waals surface area contributed by atoms with Crippen LogP contribution in [0.5, 0.6) is 0 Å². The molecule has 2 heterocycles. The van der Waals surface area contributed by atoms with Gasteiger partial charge in [0.2, 0.25) is 0 Å². The molecule has 0 aliphatic heterocycles. The van der Waals surface area contributed by atoms with E-state index in [-0.39, 0.29) is 11.1 Å². The maximum Gasteiger partial charge on any atom is 0.272 e. The van der Waals surface area contributed by atoms with Crippen LogP contribution in [0.15, 0.2) is 35.1 Å². The van der Waals surface area contributed by atoms with Crippen molar-refractivity contribution in [1.82, 2.24) is 9.55 Å². The van der Waals surface area contributed by atoms with E-state index in [0.29, 0.717) is 17.4 Å². The van der Waals surface area contributed by atoms with Crippen molar-refractivity contribution >= 4 is 39.1 Å². The zero-order chi connectivity index (χ0) is 14.1. The van der Waals surface area contributed by atoms with Gasteiger partial charge in [0.1, 0.15) is 5.69 Å². The third-order valence-corrected chi connectivity index (χ3v) is 4.27. The van der Waals surface area contributed by atoms with Crippen LogP contribution in [0.2, 0.25) is 5.15 Å². The summed E-state index contributed by atoms with van der Waals surface area (Å²) in [5.74, 6) is -0.163. The Morgan fingerprint density at radius 3 is 3.00 bits per heavy atom. The molecule has 1 fully saturated rings. The van der Waals surface area contributed by atoms with Crippen LogP contribution in [0.4, 0.5) is 5.69 Å². The average Bonchev–Trinajstić information content (AvgIpc) is 2.80. The van der Waals surface area contributed by atoms with Gasteiger partial charge in [0.25, 0.3) is 5.91 Å². The van der Waals surface area contributed by atoms with E-state index in [1.807, 2.05) is 22.9 Å². The fourth-order valence-corrected chi connectivity index (χ4v) is 2.75. The zero-order valence-corrected chi connectivity index (χ0v) is 13.0. The number of hydrogen-bond acceptors (Lipinski definition) is 2. The van der Waals surface area contributed by atoms with E-state index < -0.39 is 0 Å². The Bertz CT molecular complexity index is 652. The number of nitrogens with zero attached hydrogens (tertiary/aromatic N) is 2. The standard InChI is InChI=1S/C14H13BrClN3O/c15-9-7-11(13(16)17-8-9)18-14(20)12-5-2-6-19(12)10-3-1-4-10/h2,5-8,10H,1,3-4H2,(H,18,20). The molecule has 0 spiro atoms. The number of carbonyl (C=O) groups excluding carboxylic acids is 1. The zero-order valence-electron chi connectivity index (χ0n) is 10.6. The van der Waals surface area contributed by atoms with Gasteiger partial charge in [-0.25, -0.2) is 4.98 Å². The highest BCUT2D eigenvalue weighted by atomic mass is 79.9.